The first-order valence-electron chi connectivity index (χ1n) is 12.1. The van der Waals surface area contributed by atoms with E-state index in [1.165, 1.54) is 0 Å². The fourth-order valence-corrected chi connectivity index (χ4v) is 4.95. The molecule has 35 heavy (non-hydrogen) atoms. The van der Waals surface area contributed by atoms with E-state index in [0.717, 1.165) is 24.1 Å². The number of fused-ring (bicyclic) bond motifs is 1. The van der Waals surface area contributed by atoms with Gasteiger partial charge in [-0.2, -0.15) is 10.4 Å². The summed E-state index contributed by atoms with van der Waals surface area (Å²) in [6, 6.07) is 9.59. The van der Waals surface area contributed by atoms with E-state index in [9.17, 15) is 14.9 Å². The number of aromatic nitrogens is 3. The third-order valence-electron chi connectivity index (χ3n) is 6.84. The van der Waals surface area contributed by atoms with Gasteiger partial charge in [0.15, 0.2) is 5.82 Å². The molecule has 2 aromatic heterocycles. The zero-order valence-electron chi connectivity index (χ0n) is 20.3. The number of morpholine rings is 1. The Labute approximate surface area is 203 Å². The molecular weight excluding hydrogens is 444 g/mol. The molecule has 182 valence electrons. The summed E-state index contributed by atoms with van der Waals surface area (Å²) in [6.45, 7) is 7.52. The number of carbonyl (C=O) groups excluding carboxylic acids is 1. The van der Waals surface area contributed by atoms with Crippen molar-refractivity contribution in [2.75, 3.05) is 25.0 Å². The number of nitrogens with zero attached hydrogens (tertiary/aromatic N) is 4. The van der Waals surface area contributed by atoms with Crippen molar-refractivity contribution in [2.24, 2.45) is 5.92 Å². The van der Waals surface area contributed by atoms with Gasteiger partial charge in [-0.1, -0.05) is 0 Å². The number of rotatable bonds is 6. The molecule has 3 aromatic rings. The largest absolute Gasteiger partial charge is 0.372 e. The second-order valence-corrected chi connectivity index (χ2v) is 10.1. The molecule has 2 N–H and O–H groups in total. The Kier molecular flexibility index (Phi) is 5.85. The van der Waals surface area contributed by atoms with Crippen LogP contribution in [0.2, 0.25) is 0 Å². The van der Waals surface area contributed by atoms with Gasteiger partial charge in [0.1, 0.15) is 5.39 Å². The number of amides is 1. The van der Waals surface area contributed by atoms with Crippen LogP contribution in [-0.2, 0) is 4.74 Å². The zero-order valence-corrected chi connectivity index (χ0v) is 20.3. The van der Waals surface area contributed by atoms with Gasteiger partial charge in [0, 0.05) is 30.5 Å². The molecule has 9 heteroatoms. The topological polar surface area (TPSA) is 116 Å². The SMILES string of the molecule is Cc1cc(Nc2nn(C(CC#N)C3CC3)c3cc[nH]c(=O)c23)ccc1C(=O)N1CCOC(C)(C)C1. The van der Waals surface area contributed by atoms with Gasteiger partial charge in [-0.15, -0.1) is 0 Å². The summed E-state index contributed by atoms with van der Waals surface area (Å²) in [5.41, 5.74) is 2.33. The van der Waals surface area contributed by atoms with Crippen molar-refractivity contribution in [3.05, 3.63) is 51.9 Å². The van der Waals surface area contributed by atoms with Crippen molar-refractivity contribution in [3.8, 4) is 6.07 Å². The highest BCUT2D eigenvalue weighted by Crippen LogP contribution is 2.43. The van der Waals surface area contributed by atoms with Gasteiger partial charge >= 0.3 is 0 Å². The number of nitriles is 1. The van der Waals surface area contributed by atoms with E-state index in [-0.39, 0.29) is 23.1 Å². The van der Waals surface area contributed by atoms with Gasteiger partial charge in [0.25, 0.3) is 11.5 Å². The number of nitrogens with one attached hydrogen (secondary N) is 2. The average molecular weight is 475 g/mol. The van der Waals surface area contributed by atoms with Crippen LogP contribution in [0.15, 0.2) is 35.3 Å². The quantitative estimate of drug-likeness (QED) is 0.560. The molecule has 1 amide bonds. The molecule has 9 nitrogen and oxygen atoms in total. The van der Waals surface area contributed by atoms with Gasteiger partial charge in [-0.3, -0.25) is 14.3 Å². The van der Waals surface area contributed by atoms with Gasteiger partial charge in [0.2, 0.25) is 0 Å². The number of aromatic amines is 1. The minimum atomic E-state index is -0.361. The fourth-order valence-electron chi connectivity index (χ4n) is 4.95. The number of aryl methyl sites for hydroxylation is 1. The van der Waals surface area contributed by atoms with Gasteiger partial charge in [0.05, 0.1) is 36.3 Å². The van der Waals surface area contributed by atoms with E-state index in [1.54, 1.807) is 6.20 Å². The lowest BCUT2D eigenvalue weighted by Crippen LogP contribution is -2.50. The molecule has 1 saturated carbocycles. The van der Waals surface area contributed by atoms with Crippen molar-refractivity contribution in [1.82, 2.24) is 19.7 Å². The molecule has 1 aromatic carbocycles. The Bertz CT molecular complexity index is 1380. The molecule has 1 aliphatic heterocycles. The first-order chi connectivity index (χ1) is 16.8. The highest BCUT2D eigenvalue weighted by molar-refractivity contribution is 5.97. The highest BCUT2D eigenvalue weighted by Gasteiger charge is 2.35. The Morgan fingerprint density at radius 3 is 2.86 bits per heavy atom. The normalized spacial score (nSPS) is 18.3. The molecule has 5 rings (SSSR count). The lowest BCUT2D eigenvalue weighted by molar-refractivity contribution is -0.0764. The van der Waals surface area contributed by atoms with E-state index in [2.05, 4.69) is 16.4 Å². The molecule has 0 bridgehead atoms. The lowest BCUT2D eigenvalue weighted by atomic mass is 10.0. The van der Waals surface area contributed by atoms with Crippen LogP contribution in [0.3, 0.4) is 0 Å². The van der Waals surface area contributed by atoms with E-state index in [4.69, 9.17) is 9.84 Å². The summed E-state index contributed by atoms with van der Waals surface area (Å²) >= 11 is 0. The summed E-state index contributed by atoms with van der Waals surface area (Å²) in [5.74, 6) is 0.835. The van der Waals surface area contributed by atoms with E-state index in [0.29, 0.717) is 54.3 Å². The van der Waals surface area contributed by atoms with Crippen molar-refractivity contribution in [2.45, 2.75) is 51.7 Å². The van der Waals surface area contributed by atoms with E-state index in [1.807, 2.05) is 54.6 Å². The van der Waals surface area contributed by atoms with Crippen LogP contribution in [0.5, 0.6) is 0 Å². The van der Waals surface area contributed by atoms with Crippen LogP contribution >= 0.6 is 0 Å². The van der Waals surface area contributed by atoms with Crippen molar-refractivity contribution >= 4 is 28.3 Å². The van der Waals surface area contributed by atoms with Crippen LogP contribution < -0.4 is 10.9 Å². The lowest BCUT2D eigenvalue weighted by Gasteiger charge is -2.38. The van der Waals surface area contributed by atoms with Crippen LogP contribution in [0.4, 0.5) is 11.5 Å². The number of ether oxygens (including phenoxy) is 1. The number of pyridine rings is 1. The summed E-state index contributed by atoms with van der Waals surface area (Å²) in [5, 5.41) is 17.8. The number of benzene rings is 1. The van der Waals surface area contributed by atoms with Crippen LogP contribution in [0.25, 0.3) is 10.9 Å². The monoisotopic (exact) mass is 474 g/mol. The molecular formula is C26H30N6O3. The summed E-state index contributed by atoms with van der Waals surface area (Å²) in [4.78, 5) is 30.5. The molecule has 1 saturated heterocycles. The second kappa shape index (κ2) is 8.86. The van der Waals surface area contributed by atoms with Crippen LogP contribution in [0, 0.1) is 24.2 Å². The number of H-pyrrole nitrogens is 1. The molecule has 3 heterocycles. The summed E-state index contributed by atoms with van der Waals surface area (Å²) in [7, 11) is 0. The summed E-state index contributed by atoms with van der Waals surface area (Å²) in [6.07, 6.45) is 4.09. The minimum Gasteiger partial charge on any atom is -0.372 e. The Balaban J connectivity index is 1.45. The predicted molar refractivity (Wildman–Crippen MR) is 133 cm³/mol. The third-order valence-corrected chi connectivity index (χ3v) is 6.84. The Hall–Kier alpha value is -3.64. The van der Waals surface area contributed by atoms with Crippen LogP contribution in [0.1, 0.15) is 55.1 Å². The molecule has 1 aliphatic carbocycles. The smallest absolute Gasteiger partial charge is 0.261 e. The first kappa shape index (κ1) is 23.1. The van der Waals surface area contributed by atoms with Crippen LogP contribution in [-0.4, -0.2) is 50.9 Å². The first-order valence-corrected chi connectivity index (χ1v) is 12.1. The average Bonchev–Trinajstić information content (AvgIpc) is 3.59. The maximum absolute atomic E-state index is 13.2. The predicted octanol–water partition coefficient (Wildman–Crippen LogP) is 3.89. The molecule has 0 spiro atoms. The van der Waals surface area contributed by atoms with E-state index < -0.39 is 0 Å². The highest BCUT2D eigenvalue weighted by atomic mass is 16.5. The number of hydrogen-bond donors (Lipinski definition) is 2. The maximum atomic E-state index is 13.2. The van der Waals surface area contributed by atoms with E-state index >= 15 is 0 Å². The summed E-state index contributed by atoms with van der Waals surface area (Å²) < 4.78 is 7.57. The zero-order chi connectivity index (χ0) is 24.7. The van der Waals surface area contributed by atoms with Gasteiger partial charge < -0.3 is 19.9 Å². The number of carbonyl (C=O) groups is 1. The van der Waals surface area contributed by atoms with Crippen molar-refractivity contribution in [1.29, 1.82) is 5.26 Å². The Morgan fingerprint density at radius 1 is 1.37 bits per heavy atom. The van der Waals surface area contributed by atoms with Crippen molar-refractivity contribution < 1.29 is 9.53 Å². The fraction of sp³-hybridized carbons (Fsp3) is 0.462. The van der Waals surface area contributed by atoms with Gasteiger partial charge in [-0.05, 0) is 69.4 Å². The molecule has 0 radical (unpaired) electrons. The number of anilines is 2. The minimum absolute atomic E-state index is 0.0135. The second-order valence-electron chi connectivity index (χ2n) is 10.1. The molecule has 2 aliphatic rings. The van der Waals surface area contributed by atoms with Gasteiger partial charge in [-0.25, -0.2) is 0 Å². The third kappa shape index (κ3) is 4.54. The molecule has 2 fully saturated rings. The number of hydrogen-bond acceptors (Lipinski definition) is 6. The molecule has 1 atom stereocenters. The van der Waals surface area contributed by atoms with Crippen molar-refractivity contribution in [3.63, 3.8) is 0 Å². The Morgan fingerprint density at radius 2 is 2.17 bits per heavy atom. The molecule has 1 unspecified atom stereocenters. The standard InChI is InChI=1S/C26H30N6O3/c1-16-14-18(6-7-19(16)25(34)31-12-13-35-26(2,3)15-31)29-23-22-21(9-11-28-24(22)33)32(30-23)20(8-10-27)17-4-5-17/h6-7,9,11,14,17,20H,4-5,8,12-13,15H2,1-3H3,(H,28,33)(H,29,30). The maximum Gasteiger partial charge on any atom is 0.261 e.